The zero-order valence-corrected chi connectivity index (χ0v) is 16.0. The molecule has 2 N–H and O–H groups in total. The fraction of sp³-hybridized carbons (Fsp3) is 0.500. The highest BCUT2D eigenvalue weighted by atomic mass is 19.4. The van der Waals surface area contributed by atoms with Crippen LogP contribution in [0.25, 0.3) is 10.9 Å². The van der Waals surface area contributed by atoms with Crippen LogP contribution in [0.3, 0.4) is 0 Å². The minimum atomic E-state index is -4.41. The summed E-state index contributed by atoms with van der Waals surface area (Å²) in [5.41, 5.74) is 1.75. The van der Waals surface area contributed by atoms with Crippen molar-refractivity contribution in [3.8, 4) is 0 Å². The van der Waals surface area contributed by atoms with Crippen LogP contribution in [0.4, 0.5) is 13.2 Å². The summed E-state index contributed by atoms with van der Waals surface area (Å²) < 4.78 is 40.7. The third-order valence-corrected chi connectivity index (χ3v) is 5.00. The van der Waals surface area contributed by atoms with Crippen LogP contribution >= 0.6 is 0 Å². The van der Waals surface area contributed by atoms with Gasteiger partial charge in [-0.05, 0) is 18.1 Å². The number of fused-ring (bicyclic) bond motifs is 1. The first-order valence-corrected chi connectivity index (χ1v) is 9.46. The van der Waals surface area contributed by atoms with E-state index in [1.165, 1.54) is 4.90 Å². The van der Waals surface area contributed by atoms with Gasteiger partial charge >= 0.3 is 6.18 Å². The number of carbonyl (C=O) groups is 1. The second-order valence-electron chi connectivity index (χ2n) is 7.32. The van der Waals surface area contributed by atoms with Crippen LogP contribution < -0.4 is 10.6 Å². The van der Waals surface area contributed by atoms with Crippen molar-refractivity contribution >= 4 is 16.8 Å². The summed E-state index contributed by atoms with van der Waals surface area (Å²) in [6, 6.07) is 7.16. The summed E-state index contributed by atoms with van der Waals surface area (Å²) in [5.74, 6) is -0.412. The largest absolute Gasteiger partial charge is 0.405 e. The first-order valence-electron chi connectivity index (χ1n) is 9.46. The highest BCUT2D eigenvalue weighted by Crippen LogP contribution is 2.26. The van der Waals surface area contributed by atoms with Gasteiger partial charge < -0.3 is 10.6 Å². The summed E-state index contributed by atoms with van der Waals surface area (Å²) in [5, 5.41) is 6.19. The lowest BCUT2D eigenvalue weighted by atomic mass is 10.0. The van der Waals surface area contributed by atoms with Crippen LogP contribution in [0.2, 0.25) is 0 Å². The Kier molecular flexibility index (Phi) is 6.20. The van der Waals surface area contributed by atoms with Gasteiger partial charge in [-0.1, -0.05) is 32.0 Å². The fourth-order valence-corrected chi connectivity index (χ4v) is 3.41. The van der Waals surface area contributed by atoms with E-state index in [1.807, 2.05) is 19.9 Å². The molecule has 0 spiro atoms. The van der Waals surface area contributed by atoms with Crippen molar-refractivity contribution in [3.63, 3.8) is 0 Å². The normalized spacial score (nSPS) is 17.1. The third-order valence-electron chi connectivity index (χ3n) is 5.00. The van der Waals surface area contributed by atoms with E-state index in [0.29, 0.717) is 42.6 Å². The molecule has 1 fully saturated rings. The van der Waals surface area contributed by atoms with Crippen molar-refractivity contribution < 1.29 is 18.0 Å². The summed E-state index contributed by atoms with van der Waals surface area (Å²) in [7, 11) is 0. The second kappa shape index (κ2) is 8.45. The predicted molar refractivity (Wildman–Crippen MR) is 102 cm³/mol. The van der Waals surface area contributed by atoms with Crippen LogP contribution in [0.1, 0.15) is 35.8 Å². The molecular weight excluding hydrogens is 369 g/mol. The lowest BCUT2D eigenvalue weighted by molar-refractivity contribution is -0.183. The molecule has 28 heavy (non-hydrogen) atoms. The van der Waals surface area contributed by atoms with Crippen molar-refractivity contribution in [2.45, 2.75) is 32.0 Å². The molecular formula is C20H25F3N4O. The highest BCUT2D eigenvalue weighted by Gasteiger charge is 2.43. The Bertz CT molecular complexity index is 832. The van der Waals surface area contributed by atoms with Crippen molar-refractivity contribution in [2.75, 3.05) is 32.7 Å². The van der Waals surface area contributed by atoms with Crippen LogP contribution in [0.15, 0.2) is 30.3 Å². The van der Waals surface area contributed by atoms with Gasteiger partial charge in [-0.3, -0.25) is 14.7 Å². The van der Waals surface area contributed by atoms with E-state index in [1.54, 1.807) is 24.3 Å². The minimum absolute atomic E-state index is 0.0972. The summed E-state index contributed by atoms with van der Waals surface area (Å²) in [4.78, 5) is 18.7. The van der Waals surface area contributed by atoms with Gasteiger partial charge in [0.05, 0.1) is 11.1 Å². The zero-order valence-electron chi connectivity index (χ0n) is 16.0. The Morgan fingerprint density at radius 3 is 2.57 bits per heavy atom. The molecule has 2 heterocycles. The number of rotatable bonds is 5. The molecule has 1 aromatic heterocycles. The predicted octanol–water partition coefficient (Wildman–Crippen LogP) is 2.92. The molecule has 5 nitrogen and oxygen atoms in total. The zero-order chi connectivity index (χ0) is 20.3. The monoisotopic (exact) mass is 394 g/mol. The van der Waals surface area contributed by atoms with E-state index in [-0.39, 0.29) is 5.92 Å². The Morgan fingerprint density at radius 2 is 1.93 bits per heavy atom. The molecule has 0 bridgehead atoms. The molecule has 1 unspecified atom stereocenters. The smallest absolute Gasteiger partial charge is 0.350 e. The first-order chi connectivity index (χ1) is 13.3. The van der Waals surface area contributed by atoms with Crippen LogP contribution in [0.5, 0.6) is 0 Å². The molecule has 1 aliphatic rings. The lowest BCUT2D eigenvalue weighted by Gasteiger charge is -2.35. The van der Waals surface area contributed by atoms with Crippen molar-refractivity contribution in [1.29, 1.82) is 0 Å². The Morgan fingerprint density at radius 1 is 1.25 bits per heavy atom. The molecule has 3 rings (SSSR count). The van der Waals surface area contributed by atoms with Gasteiger partial charge in [0.1, 0.15) is 6.04 Å². The Hall–Kier alpha value is -2.19. The van der Waals surface area contributed by atoms with Gasteiger partial charge in [0, 0.05) is 43.8 Å². The average Bonchev–Trinajstić information content (AvgIpc) is 2.66. The molecule has 1 atom stereocenters. The maximum absolute atomic E-state index is 13.6. The number of benzene rings is 1. The van der Waals surface area contributed by atoms with Gasteiger partial charge in [0.25, 0.3) is 5.91 Å². The number of hydrogen-bond acceptors (Lipinski definition) is 4. The second-order valence-corrected chi connectivity index (χ2v) is 7.32. The van der Waals surface area contributed by atoms with Crippen molar-refractivity contribution in [3.05, 3.63) is 41.6 Å². The molecule has 0 saturated carbocycles. The molecule has 152 valence electrons. The molecule has 0 aliphatic carbocycles. The molecule has 8 heteroatoms. The van der Waals surface area contributed by atoms with Gasteiger partial charge in [-0.2, -0.15) is 13.2 Å². The number of piperazine rings is 1. The number of amides is 1. The van der Waals surface area contributed by atoms with E-state index >= 15 is 0 Å². The highest BCUT2D eigenvalue weighted by molar-refractivity contribution is 6.06. The van der Waals surface area contributed by atoms with Gasteiger partial charge in [-0.15, -0.1) is 0 Å². The van der Waals surface area contributed by atoms with Gasteiger partial charge in [-0.25, -0.2) is 0 Å². The Balaban J connectivity index is 1.83. The van der Waals surface area contributed by atoms with Crippen molar-refractivity contribution in [1.82, 2.24) is 20.5 Å². The maximum Gasteiger partial charge on any atom is 0.405 e. The first kappa shape index (κ1) is 20.5. The van der Waals surface area contributed by atoms with E-state index in [0.717, 1.165) is 5.69 Å². The molecule has 2 aromatic rings. The number of nitrogens with zero attached hydrogens (tertiary/aromatic N) is 2. The number of aromatic nitrogens is 1. The van der Waals surface area contributed by atoms with Crippen LogP contribution in [-0.2, 0) is 0 Å². The number of carbonyl (C=O) groups excluding carboxylic acids is 1. The summed E-state index contributed by atoms with van der Waals surface area (Å²) in [6.45, 7) is 5.06. The van der Waals surface area contributed by atoms with Gasteiger partial charge in [0.2, 0.25) is 0 Å². The quantitative estimate of drug-likeness (QED) is 0.819. The van der Waals surface area contributed by atoms with E-state index in [2.05, 4.69) is 15.6 Å². The molecule has 0 radical (unpaired) electrons. The van der Waals surface area contributed by atoms with E-state index in [9.17, 15) is 18.0 Å². The van der Waals surface area contributed by atoms with E-state index in [4.69, 9.17) is 0 Å². The summed E-state index contributed by atoms with van der Waals surface area (Å²) >= 11 is 0. The number of nitrogens with one attached hydrogen (secondary N) is 2. The maximum atomic E-state index is 13.6. The molecule has 1 amide bonds. The van der Waals surface area contributed by atoms with Crippen LogP contribution in [-0.4, -0.2) is 60.7 Å². The number of alkyl halides is 3. The van der Waals surface area contributed by atoms with Crippen LogP contribution in [0, 0.1) is 0 Å². The number of halogens is 3. The SMILES string of the molecule is CC(C)c1cc(C(=O)NCC(N2CCNCC2)C(F)(F)F)c2ccccc2n1. The van der Waals surface area contributed by atoms with Gasteiger partial charge in [0.15, 0.2) is 0 Å². The molecule has 1 aromatic carbocycles. The number of pyridine rings is 1. The lowest BCUT2D eigenvalue weighted by Crippen LogP contribution is -2.57. The standard InChI is InChI=1S/C20H25F3N4O/c1-13(2)17-11-15(14-5-3-4-6-16(14)26-17)19(28)25-12-18(20(21,22)23)27-9-7-24-8-10-27/h3-6,11,13,18,24H,7-10,12H2,1-2H3,(H,25,28). The van der Waals surface area contributed by atoms with Crippen molar-refractivity contribution in [2.24, 2.45) is 0 Å². The number of para-hydroxylation sites is 1. The summed E-state index contributed by atoms with van der Waals surface area (Å²) in [6.07, 6.45) is -4.41. The number of hydrogen-bond donors (Lipinski definition) is 2. The molecule has 1 aliphatic heterocycles. The van der Waals surface area contributed by atoms with E-state index < -0.39 is 24.7 Å². The topological polar surface area (TPSA) is 57.3 Å². The minimum Gasteiger partial charge on any atom is -0.350 e. The Labute approximate surface area is 162 Å². The fourth-order valence-electron chi connectivity index (χ4n) is 3.41. The third kappa shape index (κ3) is 4.62. The average molecular weight is 394 g/mol. The molecule has 1 saturated heterocycles.